The molecule has 9 nitrogen and oxygen atoms in total. The summed E-state index contributed by atoms with van der Waals surface area (Å²) in [4.78, 5) is 31.1. The minimum Gasteiger partial charge on any atom is -0.361 e. The van der Waals surface area contributed by atoms with Crippen molar-refractivity contribution in [2.24, 2.45) is 11.8 Å². The molecule has 1 aliphatic rings. The Morgan fingerprint density at radius 1 is 1.11 bits per heavy atom. The van der Waals surface area contributed by atoms with Gasteiger partial charge in [0.05, 0.1) is 28.8 Å². The summed E-state index contributed by atoms with van der Waals surface area (Å²) in [7, 11) is 0. The molecule has 0 saturated heterocycles. The first-order valence-electron chi connectivity index (χ1n) is 12.3. The maximum atomic E-state index is 13.4. The van der Waals surface area contributed by atoms with Crippen molar-refractivity contribution in [1.82, 2.24) is 25.2 Å². The van der Waals surface area contributed by atoms with Crippen molar-refractivity contribution in [2.75, 3.05) is 5.32 Å². The average molecular weight is 479 g/mol. The second kappa shape index (κ2) is 10.4. The van der Waals surface area contributed by atoms with Gasteiger partial charge in [0, 0.05) is 12.2 Å². The van der Waals surface area contributed by atoms with Crippen LogP contribution in [-0.2, 0) is 4.79 Å². The molecule has 2 N–H and O–H groups in total. The van der Waals surface area contributed by atoms with Crippen LogP contribution in [0.15, 0.2) is 35.1 Å². The summed E-state index contributed by atoms with van der Waals surface area (Å²) in [6, 6.07) is 4.72. The molecule has 3 aromatic heterocycles. The molecular formula is C26H34N6O3. The highest BCUT2D eigenvalue weighted by Gasteiger charge is 2.33. The fourth-order valence-corrected chi connectivity index (χ4v) is 4.82. The Bertz CT molecular complexity index is 1150. The third-order valence-electron chi connectivity index (χ3n) is 6.81. The maximum Gasteiger partial charge on any atom is 0.270 e. The van der Waals surface area contributed by atoms with Gasteiger partial charge in [-0.15, -0.1) is 0 Å². The Morgan fingerprint density at radius 2 is 1.86 bits per heavy atom. The Hall–Kier alpha value is -3.49. The normalized spacial score (nSPS) is 18.9. The molecule has 0 radical (unpaired) electrons. The van der Waals surface area contributed by atoms with Gasteiger partial charge in [0.1, 0.15) is 17.5 Å². The summed E-state index contributed by atoms with van der Waals surface area (Å²) in [5, 5.41) is 14.2. The molecular weight excluding hydrogens is 444 g/mol. The highest BCUT2D eigenvalue weighted by molar-refractivity contribution is 6.00. The highest BCUT2D eigenvalue weighted by atomic mass is 16.5. The van der Waals surface area contributed by atoms with Crippen LogP contribution >= 0.6 is 0 Å². The van der Waals surface area contributed by atoms with Crippen LogP contribution < -0.4 is 10.6 Å². The zero-order chi connectivity index (χ0) is 25.1. The molecule has 0 unspecified atom stereocenters. The molecule has 1 atom stereocenters. The number of nitrogens with one attached hydrogen (secondary N) is 2. The van der Waals surface area contributed by atoms with E-state index in [0.29, 0.717) is 23.1 Å². The van der Waals surface area contributed by atoms with Gasteiger partial charge < -0.3 is 15.2 Å². The third-order valence-corrected chi connectivity index (χ3v) is 6.81. The van der Waals surface area contributed by atoms with E-state index >= 15 is 0 Å². The number of carbonyl (C=O) groups is 2. The number of anilines is 1. The standard InChI is InChI=1S/C26H34N6O3/c1-15(2)32-22(12-13-28-32)25(33)30-24(19-8-6-16(3)7-9-19)26(34)29-20-10-11-21(27-14-20)23-17(4)31-35-18(23)5/h10-16,19,24H,6-9H2,1-5H3,(H,29,34)(H,30,33)/t16?,19?,24-/m0/s1. The summed E-state index contributed by atoms with van der Waals surface area (Å²) < 4.78 is 6.91. The number of hydrogen-bond donors (Lipinski definition) is 2. The van der Waals surface area contributed by atoms with Crippen LogP contribution in [0.3, 0.4) is 0 Å². The van der Waals surface area contributed by atoms with Gasteiger partial charge in [0.2, 0.25) is 5.91 Å². The van der Waals surface area contributed by atoms with Crippen molar-refractivity contribution in [2.45, 2.75) is 72.4 Å². The summed E-state index contributed by atoms with van der Waals surface area (Å²) in [6.07, 6.45) is 7.11. The van der Waals surface area contributed by atoms with E-state index in [1.165, 1.54) is 0 Å². The highest BCUT2D eigenvalue weighted by Crippen LogP contribution is 2.31. The lowest BCUT2D eigenvalue weighted by molar-refractivity contribution is -0.119. The number of aryl methyl sites for hydroxylation is 2. The zero-order valence-electron chi connectivity index (χ0n) is 21.0. The quantitative estimate of drug-likeness (QED) is 0.509. The van der Waals surface area contributed by atoms with Crippen molar-refractivity contribution in [3.8, 4) is 11.3 Å². The lowest BCUT2D eigenvalue weighted by Gasteiger charge is -2.32. The molecule has 3 aromatic rings. The second-order valence-electron chi connectivity index (χ2n) is 9.85. The molecule has 2 amide bonds. The minimum atomic E-state index is -0.646. The third kappa shape index (κ3) is 5.44. The van der Waals surface area contributed by atoms with Crippen LogP contribution in [0.1, 0.15) is 74.4 Å². The van der Waals surface area contributed by atoms with Crippen LogP contribution in [0.25, 0.3) is 11.3 Å². The molecule has 4 rings (SSSR count). The lowest BCUT2D eigenvalue weighted by Crippen LogP contribution is -2.49. The molecule has 0 spiro atoms. The van der Waals surface area contributed by atoms with Crippen LogP contribution in [-0.4, -0.2) is 37.8 Å². The van der Waals surface area contributed by atoms with E-state index in [4.69, 9.17) is 4.52 Å². The molecule has 186 valence electrons. The lowest BCUT2D eigenvalue weighted by atomic mass is 9.79. The second-order valence-corrected chi connectivity index (χ2v) is 9.85. The Balaban J connectivity index is 1.52. The largest absolute Gasteiger partial charge is 0.361 e. The van der Waals surface area contributed by atoms with E-state index in [0.717, 1.165) is 42.6 Å². The molecule has 0 aromatic carbocycles. The Kier molecular flexibility index (Phi) is 7.33. The van der Waals surface area contributed by atoms with E-state index in [9.17, 15) is 9.59 Å². The number of carbonyl (C=O) groups excluding carboxylic acids is 2. The van der Waals surface area contributed by atoms with Gasteiger partial charge in [-0.05, 0) is 70.6 Å². The Morgan fingerprint density at radius 3 is 2.46 bits per heavy atom. The molecule has 1 fully saturated rings. The first kappa shape index (κ1) is 24.6. The maximum absolute atomic E-state index is 13.4. The molecule has 35 heavy (non-hydrogen) atoms. The van der Waals surface area contributed by atoms with Crippen molar-refractivity contribution in [3.05, 3.63) is 47.7 Å². The van der Waals surface area contributed by atoms with Gasteiger partial charge in [-0.3, -0.25) is 19.3 Å². The first-order valence-corrected chi connectivity index (χ1v) is 12.3. The Labute approximate surface area is 205 Å². The van der Waals surface area contributed by atoms with Gasteiger partial charge in [-0.25, -0.2) is 0 Å². The van der Waals surface area contributed by atoms with E-state index in [1.807, 2.05) is 39.8 Å². The van der Waals surface area contributed by atoms with Crippen LogP contribution in [0.5, 0.6) is 0 Å². The van der Waals surface area contributed by atoms with Crippen molar-refractivity contribution in [3.63, 3.8) is 0 Å². The first-order chi connectivity index (χ1) is 16.7. The smallest absolute Gasteiger partial charge is 0.270 e. The summed E-state index contributed by atoms with van der Waals surface area (Å²) in [6.45, 7) is 9.88. The fourth-order valence-electron chi connectivity index (χ4n) is 4.82. The molecule has 1 saturated carbocycles. The fraction of sp³-hybridized carbons (Fsp3) is 0.500. The molecule has 1 aliphatic carbocycles. The van der Waals surface area contributed by atoms with Crippen LogP contribution in [0.2, 0.25) is 0 Å². The monoisotopic (exact) mass is 478 g/mol. The van der Waals surface area contributed by atoms with E-state index in [-0.39, 0.29) is 23.8 Å². The van der Waals surface area contributed by atoms with E-state index < -0.39 is 6.04 Å². The number of rotatable bonds is 7. The molecule has 0 bridgehead atoms. The average Bonchev–Trinajstić information content (AvgIpc) is 3.45. The van der Waals surface area contributed by atoms with Gasteiger partial charge in [-0.2, -0.15) is 5.10 Å². The number of amides is 2. The van der Waals surface area contributed by atoms with Crippen molar-refractivity contribution >= 4 is 17.5 Å². The molecule has 0 aliphatic heterocycles. The predicted octanol–water partition coefficient (Wildman–Crippen LogP) is 4.69. The number of aromatic nitrogens is 4. The van der Waals surface area contributed by atoms with Gasteiger partial charge in [0.25, 0.3) is 5.91 Å². The topological polar surface area (TPSA) is 115 Å². The SMILES string of the molecule is Cc1noc(C)c1-c1ccc(NC(=O)[C@@H](NC(=O)c2ccnn2C(C)C)C2CCC(C)CC2)cn1. The van der Waals surface area contributed by atoms with Crippen LogP contribution in [0, 0.1) is 25.7 Å². The van der Waals surface area contributed by atoms with Gasteiger partial charge >= 0.3 is 0 Å². The zero-order valence-corrected chi connectivity index (χ0v) is 21.0. The van der Waals surface area contributed by atoms with E-state index in [2.05, 4.69) is 32.8 Å². The number of nitrogens with zero attached hydrogens (tertiary/aromatic N) is 4. The van der Waals surface area contributed by atoms with Gasteiger partial charge in [-0.1, -0.05) is 24.9 Å². The minimum absolute atomic E-state index is 0.0378. The number of pyridine rings is 1. The van der Waals surface area contributed by atoms with Crippen molar-refractivity contribution in [1.29, 1.82) is 0 Å². The molecule has 9 heteroatoms. The van der Waals surface area contributed by atoms with E-state index in [1.54, 1.807) is 23.1 Å². The van der Waals surface area contributed by atoms with Crippen LogP contribution in [0.4, 0.5) is 5.69 Å². The predicted molar refractivity (Wildman–Crippen MR) is 133 cm³/mol. The van der Waals surface area contributed by atoms with Crippen molar-refractivity contribution < 1.29 is 14.1 Å². The summed E-state index contributed by atoms with van der Waals surface area (Å²) in [5.74, 6) is 0.873. The molecule has 3 heterocycles. The number of hydrogen-bond acceptors (Lipinski definition) is 6. The van der Waals surface area contributed by atoms with Gasteiger partial charge in [0.15, 0.2) is 0 Å². The summed E-state index contributed by atoms with van der Waals surface area (Å²) >= 11 is 0. The summed E-state index contributed by atoms with van der Waals surface area (Å²) in [5.41, 5.74) is 3.37.